The molecule has 0 rings (SSSR count). The molecule has 0 saturated heterocycles. The second-order valence-corrected chi connectivity index (χ2v) is 21.4. The highest BCUT2D eigenvalue weighted by atomic mass is 16.3. The van der Waals surface area contributed by atoms with Crippen LogP contribution >= 0.6 is 0 Å². The van der Waals surface area contributed by atoms with Gasteiger partial charge in [-0.05, 0) is 89.9 Å². The Balaban J connectivity index is 3.54. The van der Waals surface area contributed by atoms with Crippen molar-refractivity contribution in [2.24, 2.45) is 0 Å². The van der Waals surface area contributed by atoms with Gasteiger partial charge >= 0.3 is 0 Å². The van der Waals surface area contributed by atoms with E-state index in [1.165, 1.54) is 225 Å². The second-order valence-electron chi connectivity index (χ2n) is 21.4. The van der Waals surface area contributed by atoms with Crippen LogP contribution in [0.4, 0.5) is 0 Å². The molecule has 1 amide bonds. The minimum atomic E-state index is -0.877. The Kier molecular flexibility index (Phi) is 61.3. The van der Waals surface area contributed by atoms with Crippen LogP contribution in [0.5, 0.6) is 0 Å². The van der Waals surface area contributed by atoms with Gasteiger partial charge in [-0.2, -0.15) is 0 Å². The highest BCUT2D eigenvalue weighted by Crippen LogP contribution is 2.17. The zero-order chi connectivity index (χ0) is 52.7. The van der Waals surface area contributed by atoms with E-state index >= 15 is 0 Å². The number of carbonyl (C=O) groups is 1. The van der Waals surface area contributed by atoms with Crippen LogP contribution in [0.1, 0.15) is 316 Å². The highest BCUT2D eigenvalue weighted by Gasteiger charge is 2.18. The molecule has 0 aromatic heterocycles. The third kappa shape index (κ3) is 60.1. The zero-order valence-corrected chi connectivity index (χ0v) is 48.6. The van der Waals surface area contributed by atoms with E-state index < -0.39 is 12.1 Å². The third-order valence-corrected chi connectivity index (χ3v) is 14.3. The van der Waals surface area contributed by atoms with Crippen LogP contribution in [0.3, 0.4) is 0 Å². The van der Waals surface area contributed by atoms with E-state index in [1.54, 1.807) is 6.08 Å². The van der Waals surface area contributed by atoms with Gasteiger partial charge in [-0.3, -0.25) is 4.79 Å². The number of aliphatic hydroxyl groups excluding tert-OH is 2. The Morgan fingerprint density at radius 1 is 0.342 bits per heavy atom. The van der Waals surface area contributed by atoms with Crippen LogP contribution < -0.4 is 5.32 Å². The molecular weight excluding hydrogens is 891 g/mol. The van der Waals surface area contributed by atoms with E-state index in [2.05, 4.69) is 104 Å². The average Bonchev–Trinajstić information content (AvgIpc) is 3.40. The molecule has 4 heteroatoms. The van der Waals surface area contributed by atoms with Gasteiger partial charge in [-0.15, -0.1) is 0 Å². The maximum absolute atomic E-state index is 12.5. The third-order valence-electron chi connectivity index (χ3n) is 14.3. The number of amides is 1. The summed E-state index contributed by atoms with van der Waals surface area (Å²) in [5.74, 6) is -0.0782. The van der Waals surface area contributed by atoms with Crippen molar-refractivity contribution in [1.82, 2.24) is 5.32 Å². The Hall–Kier alpha value is -2.69. The summed E-state index contributed by atoms with van der Waals surface area (Å²) in [6, 6.07) is -0.652. The van der Waals surface area contributed by atoms with Gasteiger partial charge in [0.05, 0.1) is 18.8 Å². The van der Waals surface area contributed by atoms with Crippen molar-refractivity contribution in [3.63, 3.8) is 0 Å². The molecule has 422 valence electrons. The lowest BCUT2D eigenvalue weighted by Gasteiger charge is -2.19. The maximum atomic E-state index is 12.5. The van der Waals surface area contributed by atoms with Crippen molar-refractivity contribution in [2.75, 3.05) is 6.61 Å². The molecule has 0 spiro atoms. The van der Waals surface area contributed by atoms with Gasteiger partial charge in [0.1, 0.15) is 0 Å². The average molecular weight is 1010 g/mol. The summed E-state index contributed by atoms with van der Waals surface area (Å²) in [6.07, 6.45) is 94.6. The molecule has 0 heterocycles. The van der Waals surface area contributed by atoms with Crippen LogP contribution in [-0.2, 0) is 4.79 Å². The molecule has 2 atom stereocenters. The standard InChI is InChI=1S/C69H123NO3/c1-3-5-7-9-11-13-15-17-19-21-23-25-27-29-31-33-35-37-39-41-43-45-47-49-51-53-55-57-59-61-63-65-69(73)70-67(66-71)68(72)64-62-60-58-56-54-52-50-48-46-44-42-40-38-36-34-32-30-28-26-24-22-20-18-16-14-12-10-8-6-4-2/h5,7,11,13,17,19,23,25,29,31,46,48,54,56,62,64,67-68,71-72H,3-4,6,8-10,12,14-16,18,20-22,24,26-28,30,32-45,47,49-53,55,57-61,63,65-66H2,1-2H3,(H,70,73)/b7-5-,13-11-,19-17-,25-23-,31-29-,48-46+,56-54+,64-62+. The number of hydrogen-bond acceptors (Lipinski definition) is 3. The van der Waals surface area contributed by atoms with Gasteiger partial charge in [0.15, 0.2) is 0 Å². The van der Waals surface area contributed by atoms with E-state index in [4.69, 9.17) is 0 Å². The number of aliphatic hydroxyl groups is 2. The molecule has 0 bridgehead atoms. The summed E-state index contributed by atoms with van der Waals surface area (Å²) >= 11 is 0. The molecule has 0 radical (unpaired) electrons. The van der Waals surface area contributed by atoms with E-state index in [0.29, 0.717) is 6.42 Å². The summed E-state index contributed by atoms with van der Waals surface area (Å²) in [6.45, 7) is 4.20. The monoisotopic (exact) mass is 1010 g/mol. The van der Waals surface area contributed by atoms with Gasteiger partial charge in [0.2, 0.25) is 5.91 Å². The summed E-state index contributed by atoms with van der Waals surface area (Å²) in [4.78, 5) is 12.5. The van der Waals surface area contributed by atoms with Crippen LogP contribution in [0, 0.1) is 0 Å². The minimum absolute atomic E-state index is 0.0782. The second kappa shape index (κ2) is 63.6. The number of carbonyl (C=O) groups excluding carboxylic acids is 1. The molecule has 3 N–H and O–H groups in total. The van der Waals surface area contributed by atoms with Crippen molar-refractivity contribution in [1.29, 1.82) is 0 Å². The lowest BCUT2D eigenvalue weighted by atomic mass is 10.0. The topological polar surface area (TPSA) is 69.6 Å². The number of nitrogens with one attached hydrogen (secondary N) is 1. The summed E-state index contributed by atoms with van der Waals surface area (Å²) in [5, 5.41) is 23.2. The molecule has 0 fully saturated rings. The number of rotatable bonds is 58. The first-order valence-corrected chi connectivity index (χ1v) is 32.0. The lowest BCUT2D eigenvalue weighted by Crippen LogP contribution is -2.45. The first kappa shape index (κ1) is 70.3. The van der Waals surface area contributed by atoms with Gasteiger partial charge in [-0.1, -0.05) is 317 Å². The first-order chi connectivity index (χ1) is 36.2. The van der Waals surface area contributed by atoms with Crippen LogP contribution in [0.25, 0.3) is 0 Å². The summed E-state index contributed by atoms with van der Waals surface area (Å²) < 4.78 is 0. The zero-order valence-electron chi connectivity index (χ0n) is 48.6. The van der Waals surface area contributed by atoms with Gasteiger partial charge in [-0.25, -0.2) is 0 Å². The van der Waals surface area contributed by atoms with Crippen molar-refractivity contribution in [3.8, 4) is 0 Å². The van der Waals surface area contributed by atoms with Crippen LogP contribution in [0.2, 0.25) is 0 Å². The Morgan fingerprint density at radius 3 is 0.959 bits per heavy atom. The molecule has 4 nitrogen and oxygen atoms in total. The number of hydrogen-bond donors (Lipinski definition) is 3. The van der Waals surface area contributed by atoms with E-state index in [1.807, 2.05) is 6.08 Å². The normalized spacial score (nSPS) is 13.4. The maximum Gasteiger partial charge on any atom is 0.220 e. The van der Waals surface area contributed by atoms with Crippen LogP contribution in [-0.4, -0.2) is 34.9 Å². The van der Waals surface area contributed by atoms with Crippen molar-refractivity contribution >= 4 is 5.91 Å². The molecular formula is C69H123NO3. The molecule has 0 aliphatic rings. The molecule has 0 aromatic rings. The van der Waals surface area contributed by atoms with Gasteiger partial charge in [0.25, 0.3) is 0 Å². The Morgan fingerprint density at radius 2 is 0.616 bits per heavy atom. The molecule has 2 unspecified atom stereocenters. The van der Waals surface area contributed by atoms with E-state index in [0.717, 1.165) is 70.6 Å². The minimum Gasteiger partial charge on any atom is -0.394 e. The molecule has 73 heavy (non-hydrogen) atoms. The molecule has 0 aliphatic carbocycles. The van der Waals surface area contributed by atoms with Gasteiger partial charge in [0, 0.05) is 6.42 Å². The smallest absolute Gasteiger partial charge is 0.220 e. The number of unbranched alkanes of at least 4 members (excludes halogenated alkanes) is 37. The van der Waals surface area contributed by atoms with Gasteiger partial charge < -0.3 is 15.5 Å². The quantitative estimate of drug-likeness (QED) is 0.0420. The molecule has 0 aromatic carbocycles. The fourth-order valence-electron chi connectivity index (χ4n) is 9.48. The predicted molar refractivity (Wildman–Crippen MR) is 326 cm³/mol. The predicted octanol–water partition coefficient (Wildman–Crippen LogP) is 21.6. The summed E-state index contributed by atoms with van der Waals surface area (Å²) in [7, 11) is 0. The summed E-state index contributed by atoms with van der Waals surface area (Å²) in [5.41, 5.74) is 0. The van der Waals surface area contributed by atoms with Crippen LogP contribution in [0.15, 0.2) is 97.2 Å². The Bertz CT molecular complexity index is 1330. The lowest BCUT2D eigenvalue weighted by molar-refractivity contribution is -0.123. The fourth-order valence-corrected chi connectivity index (χ4v) is 9.48. The van der Waals surface area contributed by atoms with E-state index in [9.17, 15) is 15.0 Å². The molecule has 0 aliphatic heterocycles. The molecule has 0 saturated carbocycles. The number of allylic oxidation sites excluding steroid dienone is 15. The Labute approximate surface area is 455 Å². The highest BCUT2D eigenvalue weighted by molar-refractivity contribution is 5.76. The largest absolute Gasteiger partial charge is 0.394 e. The van der Waals surface area contributed by atoms with Crippen molar-refractivity contribution < 1.29 is 15.0 Å². The fraction of sp³-hybridized carbons (Fsp3) is 0.754. The SMILES string of the molecule is CC/C=C\C/C=C\C/C=C\C/C=C\C/C=C\CCCCCCCCCCCCCCCCCC(=O)NC(CO)C(O)/C=C/CC/C=C/CC/C=C/CCCCCCCCCCCCCCCCCCCCCC. The van der Waals surface area contributed by atoms with E-state index in [-0.39, 0.29) is 12.5 Å². The first-order valence-electron chi connectivity index (χ1n) is 32.0. The van der Waals surface area contributed by atoms with Crippen molar-refractivity contribution in [2.45, 2.75) is 328 Å². The van der Waals surface area contributed by atoms with Crippen molar-refractivity contribution in [3.05, 3.63) is 97.2 Å².